The minimum absolute atomic E-state index is 0.255. The highest BCUT2D eigenvalue weighted by Crippen LogP contribution is 2.30. The van der Waals surface area contributed by atoms with Crippen molar-refractivity contribution in [3.63, 3.8) is 0 Å². The van der Waals surface area contributed by atoms with Crippen molar-refractivity contribution in [2.24, 2.45) is 0 Å². The number of rotatable bonds is 4. The number of amides is 1. The monoisotopic (exact) mass is 335 g/mol. The summed E-state index contributed by atoms with van der Waals surface area (Å²) >= 11 is 11.9. The van der Waals surface area contributed by atoms with Gasteiger partial charge in [0.1, 0.15) is 5.75 Å². The standard InChI is InChI=1S/C17H15Cl2NO2/c1-11-9-15(16(22-2)10-14(11)19)20-17(21)8-5-12-3-6-13(18)7-4-12/h3-10H,1-2H3,(H,20,21). The molecule has 0 saturated carbocycles. The van der Waals surface area contributed by atoms with Crippen LogP contribution in [0.25, 0.3) is 6.08 Å². The number of hydrogen-bond acceptors (Lipinski definition) is 2. The van der Waals surface area contributed by atoms with E-state index in [1.807, 2.05) is 19.1 Å². The van der Waals surface area contributed by atoms with Crippen molar-refractivity contribution >= 4 is 40.9 Å². The van der Waals surface area contributed by atoms with Crippen LogP contribution in [-0.4, -0.2) is 13.0 Å². The molecule has 2 aromatic rings. The molecule has 2 aromatic carbocycles. The Labute approximate surface area is 139 Å². The number of nitrogens with one attached hydrogen (secondary N) is 1. The summed E-state index contributed by atoms with van der Waals surface area (Å²) < 4.78 is 5.22. The van der Waals surface area contributed by atoms with Crippen molar-refractivity contribution in [1.82, 2.24) is 0 Å². The SMILES string of the molecule is COc1cc(Cl)c(C)cc1NC(=O)C=Cc1ccc(Cl)cc1. The largest absolute Gasteiger partial charge is 0.495 e. The summed E-state index contributed by atoms with van der Waals surface area (Å²) in [6, 6.07) is 10.7. The average molecular weight is 336 g/mol. The van der Waals surface area contributed by atoms with Crippen molar-refractivity contribution in [3.8, 4) is 5.75 Å². The van der Waals surface area contributed by atoms with Crippen LogP contribution in [0.1, 0.15) is 11.1 Å². The van der Waals surface area contributed by atoms with E-state index in [4.69, 9.17) is 27.9 Å². The van der Waals surface area contributed by atoms with E-state index >= 15 is 0 Å². The number of aryl methyl sites for hydroxylation is 1. The molecule has 22 heavy (non-hydrogen) atoms. The molecule has 0 fully saturated rings. The molecule has 0 aliphatic rings. The quantitative estimate of drug-likeness (QED) is 0.801. The lowest BCUT2D eigenvalue weighted by Gasteiger charge is -2.11. The number of anilines is 1. The van der Waals surface area contributed by atoms with Gasteiger partial charge in [0.15, 0.2) is 0 Å². The van der Waals surface area contributed by atoms with Gasteiger partial charge in [0.25, 0.3) is 0 Å². The van der Waals surface area contributed by atoms with Crippen molar-refractivity contribution in [3.05, 3.63) is 63.6 Å². The van der Waals surface area contributed by atoms with Gasteiger partial charge in [0.05, 0.1) is 12.8 Å². The molecule has 1 amide bonds. The van der Waals surface area contributed by atoms with Crippen LogP contribution in [0.2, 0.25) is 10.0 Å². The van der Waals surface area contributed by atoms with Gasteiger partial charge in [-0.15, -0.1) is 0 Å². The smallest absolute Gasteiger partial charge is 0.248 e. The third kappa shape index (κ3) is 4.26. The number of methoxy groups -OCH3 is 1. The van der Waals surface area contributed by atoms with Crippen LogP contribution in [0.5, 0.6) is 5.75 Å². The molecular weight excluding hydrogens is 321 g/mol. The Morgan fingerprint density at radius 2 is 1.86 bits per heavy atom. The molecule has 1 N–H and O–H groups in total. The van der Waals surface area contributed by atoms with E-state index in [-0.39, 0.29) is 5.91 Å². The molecule has 2 rings (SSSR count). The molecule has 0 spiro atoms. The lowest BCUT2D eigenvalue weighted by atomic mass is 10.2. The van der Waals surface area contributed by atoms with Gasteiger partial charge in [0, 0.05) is 22.2 Å². The number of benzene rings is 2. The average Bonchev–Trinajstić information content (AvgIpc) is 2.50. The van der Waals surface area contributed by atoms with Crippen LogP contribution >= 0.6 is 23.2 Å². The maximum Gasteiger partial charge on any atom is 0.248 e. The Kier molecular flexibility index (Phi) is 5.47. The summed E-state index contributed by atoms with van der Waals surface area (Å²) in [5, 5.41) is 4.02. The van der Waals surface area contributed by atoms with Crippen LogP contribution in [0, 0.1) is 6.92 Å². The lowest BCUT2D eigenvalue weighted by Crippen LogP contribution is -2.09. The number of halogens is 2. The van der Waals surface area contributed by atoms with Gasteiger partial charge in [-0.05, 0) is 42.3 Å². The van der Waals surface area contributed by atoms with Crippen molar-refractivity contribution in [1.29, 1.82) is 0 Å². The van der Waals surface area contributed by atoms with Gasteiger partial charge in [-0.3, -0.25) is 4.79 Å². The second-order valence-corrected chi connectivity index (χ2v) is 5.52. The third-order valence-electron chi connectivity index (χ3n) is 3.04. The van der Waals surface area contributed by atoms with E-state index in [0.29, 0.717) is 21.5 Å². The zero-order chi connectivity index (χ0) is 16.1. The van der Waals surface area contributed by atoms with E-state index in [1.54, 1.807) is 30.3 Å². The van der Waals surface area contributed by atoms with Gasteiger partial charge < -0.3 is 10.1 Å². The molecule has 0 unspecified atom stereocenters. The normalized spacial score (nSPS) is 10.7. The van der Waals surface area contributed by atoms with E-state index in [9.17, 15) is 4.79 Å². The van der Waals surface area contributed by atoms with Crippen molar-refractivity contribution in [2.75, 3.05) is 12.4 Å². The predicted octanol–water partition coefficient (Wildman–Crippen LogP) is 4.96. The Hall–Kier alpha value is -1.97. The maximum absolute atomic E-state index is 12.0. The molecule has 0 aliphatic carbocycles. The summed E-state index contributed by atoms with van der Waals surface area (Å²) in [7, 11) is 1.53. The first kappa shape index (κ1) is 16.4. The molecule has 5 heteroatoms. The summed E-state index contributed by atoms with van der Waals surface area (Å²) in [5.41, 5.74) is 2.33. The summed E-state index contributed by atoms with van der Waals surface area (Å²) in [6.45, 7) is 1.86. The summed E-state index contributed by atoms with van der Waals surface area (Å²) in [5.74, 6) is 0.263. The van der Waals surface area contributed by atoms with Gasteiger partial charge >= 0.3 is 0 Å². The molecule has 114 valence electrons. The Bertz CT molecular complexity index is 709. The van der Waals surface area contributed by atoms with E-state index in [1.165, 1.54) is 13.2 Å². The molecule has 0 radical (unpaired) electrons. The minimum atomic E-state index is -0.255. The fourth-order valence-corrected chi connectivity index (χ4v) is 2.13. The first-order chi connectivity index (χ1) is 10.5. The zero-order valence-electron chi connectivity index (χ0n) is 12.2. The van der Waals surface area contributed by atoms with Gasteiger partial charge in [-0.2, -0.15) is 0 Å². The topological polar surface area (TPSA) is 38.3 Å². The molecule has 0 heterocycles. The van der Waals surface area contributed by atoms with Gasteiger partial charge in [-0.1, -0.05) is 35.3 Å². The molecular formula is C17H15Cl2NO2. The van der Waals surface area contributed by atoms with Crippen LogP contribution in [-0.2, 0) is 4.79 Å². The third-order valence-corrected chi connectivity index (χ3v) is 3.69. The molecule has 0 aliphatic heterocycles. The maximum atomic E-state index is 12.0. The molecule has 3 nitrogen and oxygen atoms in total. The fraction of sp³-hybridized carbons (Fsp3) is 0.118. The van der Waals surface area contributed by atoms with Crippen molar-refractivity contribution < 1.29 is 9.53 Å². The molecule has 0 saturated heterocycles. The number of carbonyl (C=O) groups excluding carboxylic acids is 1. The highest BCUT2D eigenvalue weighted by atomic mass is 35.5. The molecule has 0 bridgehead atoms. The Balaban J connectivity index is 2.12. The highest BCUT2D eigenvalue weighted by Gasteiger charge is 2.08. The van der Waals surface area contributed by atoms with Crippen molar-refractivity contribution in [2.45, 2.75) is 6.92 Å². The number of hydrogen-bond donors (Lipinski definition) is 1. The molecule has 0 aromatic heterocycles. The predicted molar refractivity (Wildman–Crippen MR) is 91.9 cm³/mol. The van der Waals surface area contributed by atoms with E-state index in [0.717, 1.165) is 11.1 Å². The number of carbonyl (C=O) groups is 1. The number of ether oxygens (including phenoxy) is 1. The second kappa shape index (κ2) is 7.34. The summed E-state index contributed by atoms with van der Waals surface area (Å²) in [4.78, 5) is 12.0. The minimum Gasteiger partial charge on any atom is -0.495 e. The van der Waals surface area contributed by atoms with Crippen LogP contribution in [0.4, 0.5) is 5.69 Å². The van der Waals surface area contributed by atoms with Crippen LogP contribution in [0.3, 0.4) is 0 Å². The van der Waals surface area contributed by atoms with Gasteiger partial charge in [0.2, 0.25) is 5.91 Å². The Morgan fingerprint density at radius 1 is 1.18 bits per heavy atom. The zero-order valence-corrected chi connectivity index (χ0v) is 13.7. The highest BCUT2D eigenvalue weighted by molar-refractivity contribution is 6.31. The van der Waals surface area contributed by atoms with Gasteiger partial charge in [-0.25, -0.2) is 0 Å². The van der Waals surface area contributed by atoms with E-state index in [2.05, 4.69) is 5.32 Å². The second-order valence-electron chi connectivity index (χ2n) is 4.68. The first-order valence-corrected chi connectivity index (χ1v) is 7.34. The molecule has 0 atom stereocenters. The fourth-order valence-electron chi connectivity index (χ4n) is 1.85. The van der Waals surface area contributed by atoms with Crippen LogP contribution < -0.4 is 10.1 Å². The lowest BCUT2D eigenvalue weighted by molar-refractivity contribution is -0.111. The first-order valence-electron chi connectivity index (χ1n) is 6.58. The summed E-state index contributed by atoms with van der Waals surface area (Å²) in [6.07, 6.45) is 3.16. The van der Waals surface area contributed by atoms with E-state index < -0.39 is 0 Å². The van der Waals surface area contributed by atoms with Crippen LogP contribution in [0.15, 0.2) is 42.5 Å². The Morgan fingerprint density at radius 3 is 2.50 bits per heavy atom.